The largest absolute Gasteiger partial charge is 0.300 e. The van der Waals surface area contributed by atoms with Gasteiger partial charge in [0.15, 0.2) is 5.78 Å². The second-order valence-electron chi connectivity index (χ2n) is 2.93. The van der Waals surface area contributed by atoms with E-state index in [4.69, 9.17) is 0 Å². The topological polar surface area (TPSA) is 34.1 Å². The van der Waals surface area contributed by atoms with Gasteiger partial charge in [-0.05, 0) is 70.3 Å². The van der Waals surface area contributed by atoms with Crippen LogP contribution in [-0.2, 0) is 4.79 Å². The maximum absolute atomic E-state index is 11.6. The number of Topliss-reactive ketones (excluding diaryl/α,β-unsaturated/α-hetero) is 2. The molecule has 4 heteroatoms. The molecule has 2 nitrogen and oxygen atoms in total. The van der Waals surface area contributed by atoms with Crippen molar-refractivity contribution >= 4 is 56.7 Å². The number of benzene rings is 1. The Morgan fingerprint density at radius 2 is 1.93 bits per heavy atom. The van der Waals surface area contributed by atoms with E-state index in [1.807, 2.05) is 18.2 Å². The van der Waals surface area contributed by atoms with E-state index >= 15 is 0 Å². The molecule has 74 valence electrons. The van der Waals surface area contributed by atoms with Gasteiger partial charge in [0, 0.05) is 12.7 Å². The molecule has 0 aliphatic heterocycles. The van der Waals surface area contributed by atoms with Gasteiger partial charge < -0.3 is 0 Å². The van der Waals surface area contributed by atoms with Crippen molar-refractivity contribution in [3.8, 4) is 0 Å². The molecule has 0 saturated heterocycles. The molecule has 0 fully saturated rings. The first-order valence-electron chi connectivity index (χ1n) is 3.98. The summed E-state index contributed by atoms with van der Waals surface area (Å²) < 4.78 is 1.91. The van der Waals surface area contributed by atoms with Crippen LogP contribution in [0.5, 0.6) is 0 Å². The van der Waals surface area contributed by atoms with Gasteiger partial charge in [0.2, 0.25) is 0 Å². The molecule has 0 spiro atoms. The van der Waals surface area contributed by atoms with E-state index in [1.54, 1.807) is 0 Å². The van der Waals surface area contributed by atoms with E-state index in [0.717, 1.165) is 7.14 Å². The third kappa shape index (κ3) is 3.30. The van der Waals surface area contributed by atoms with E-state index < -0.39 is 0 Å². The summed E-state index contributed by atoms with van der Waals surface area (Å²) in [6.45, 7) is 1.43. The normalized spacial score (nSPS) is 9.93. The van der Waals surface area contributed by atoms with Gasteiger partial charge in [0.25, 0.3) is 0 Å². The summed E-state index contributed by atoms with van der Waals surface area (Å²) >= 11 is 4.25. The summed E-state index contributed by atoms with van der Waals surface area (Å²) in [5, 5.41) is 0. The fraction of sp³-hybridized carbons (Fsp3) is 0.200. The third-order valence-electron chi connectivity index (χ3n) is 1.64. The highest BCUT2D eigenvalue weighted by Crippen LogP contribution is 2.17. The first-order chi connectivity index (χ1) is 6.50. The van der Waals surface area contributed by atoms with Crippen molar-refractivity contribution < 1.29 is 9.59 Å². The molecule has 0 unspecified atom stereocenters. The van der Waals surface area contributed by atoms with Crippen LogP contribution in [0, 0.1) is 7.14 Å². The van der Waals surface area contributed by atoms with Crippen LogP contribution in [0.4, 0.5) is 0 Å². The summed E-state index contributed by atoms with van der Waals surface area (Å²) in [4.78, 5) is 22.4. The highest BCUT2D eigenvalue weighted by atomic mass is 127. The fourth-order valence-corrected chi connectivity index (χ4v) is 2.16. The molecule has 0 N–H and O–H groups in total. The van der Waals surface area contributed by atoms with Crippen molar-refractivity contribution in [3.63, 3.8) is 0 Å². The summed E-state index contributed by atoms with van der Waals surface area (Å²) in [5.41, 5.74) is 0.646. The van der Waals surface area contributed by atoms with Crippen molar-refractivity contribution in [2.24, 2.45) is 0 Å². The Morgan fingerprint density at radius 3 is 2.50 bits per heavy atom. The number of hydrogen-bond donors (Lipinski definition) is 0. The maximum atomic E-state index is 11.6. The molecule has 14 heavy (non-hydrogen) atoms. The van der Waals surface area contributed by atoms with Crippen molar-refractivity contribution in [2.45, 2.75) is 13.3 Å². The minimum Gasteiger partial charge on any atom is -0.300 e. The average Bonchev–Trinajstić information content (AvgIpc) is 2.08. The molecule has 0 aliphatic carbocycles. The second-order valence-corrected chi connectivity index (χ2v) is 5.33. The fourth-order valence-electron chi connectivity index (χ4n) is 1.03. The predicted octanol–water partition coefficient (Wildman–Crippen LogP) is 3.06. The maximum Gasteiger partial charge on any atom is 0.171 e. The number of ketones is 2. The lowest BCUT2D eigenvalue weighted by Crippen LogP contribution is -2.06. The number of hydrogen-bond acceptors (Lipinski definition) is 2. The third-order valence-corrected chi connectivity index (χ3v) is 3.25. The van der Waals surface area contributed by atoms with Crippen LogP contribution in [0.1, 0.15) is 23.7 Å². The van der Waals surface area contributed by atoms with Crippen molar-refractivity contribution in [1.82, 2.24) is 0 Å². The Kier molecular flexibility index (Phi) is 4.49. The first-order valence-corrected chi connectivity index (χ1v) is 6.14. The van der Waals surface area contributed by atoms with Crippen molar-refractivity contribution in [1.29, 1.82) is 0 Å². The van der Waals surface area contributed by atoms with Crippen LogP contribution < -0.4 is 0 Å². The average molecular weight is 414 g/mol. The summed E-state index contributed by atoms with van der Waals surface area (Å²) in [7, 11) is 0. The monoisotopic (exact) mass is 414 g/mol. The summed E-state index contributed by atoms with van der Waals surface area (Å²) in [6, 6.07) is 5.64. The van der Waals surface area contributed by atoms with Crippen LogP contribution >= 0.6 is 45.2 Å². The molecule has 0 aromatic heterocycles. The van der Waals surface area contributed by atoms with E-state index in [0.29, 0.717) is 5.56 Å². The predicted molar refractivity (Wildman–Crippen MR) is 71.5 cm³/mol. The first kappa shape index (κ1) is 12.1. The molecule has 0 bridgehead atoms. The molecular weight excluding hydrogens is 406 g/mol. The SMILES string of the molecule is CC(=O)CC(=O)c1cc(I)ccc1I. The van der Waals surface area contributed by atoms with E-state index in [-0.39, 0.29) is 18.0 Å². The summed E-state index contributed by atoms with van der Waals surface area (Å²) in [6.07, 6.45) is -0.00387. The van der Waals surface area contributed by atoms with Crippen LogP contribution in [0.2, 0.25) is 0 Å². The smallest absolute Gasteiger partial charge is 0.171 e. The Hall–Kier alpha value is 0.0200. The quantitative estimate of drug-likeness (QED) is 0.433. The molecule has 0 amide bonds. The van der Waals surface area contributed by atoms with Crippen LogP contribution in [0.15, 0.2) is 18.2 Å². The van der Waals surface area contributed by atoms with Gasteiger partial charge in [-0.1, -0.05) is 0 Å². The lowest BCUT2D eigenvalue weighted by molar-refractivity contribution is -0.116. The van der Waals surface area contributed by atoms with Gasteiger partial charge in [0.1, 0.15) is 5.78 Å². The number of carbonyl (C=O) groups is 2. The molecular formula is C10H8I2O2. The van der Waals surface area contributed by atoms with E-state index in [1.165, 1.54) is 6.92 Å². The molecule has 1 aromatic rings. The zero-order chi connectivity index (χ0) is 10.7. The van der Waals surface area contributed by atoms with Gasteiger partial charge in [-0.3, -0.25) is 9.59 Å². The lowest BCUT2D eigenvalue weighted by Gasteiger charge is -2.02. The molecule has 0 radical (unpaired) electrons. The molecule has 1 aromatic carbocycles. The van der Waals surface area contributed by atoms with Gasteiger partial charge in [-0.15, -0.1) is 0 Å². The number of carbonyl (C=O) groups excluding carboxylic acids is 2. The number of rotatable bonds is 3. The molecule has 0 aliphatic rings. The van der Waals surface area contributed by atoms with E-state index in [2.05, 4.69) is 45.2 Å². The molecule has 1 rings (SSSR count). The Bertz CT molecular complexity index is 386. The van der Waals surface area contributed by atoms with Crippen LogP contribution in [0.25, 0.3) is 0 Å². The van der Waals surface area contributed by atoms with Gasteiger partial charge in [-0.2, -0.15) is 0 Å². The van der Waals surface area contributed by atoms with Gasteiger partial charge in [-0.25, -0.2) is 0 Å². The standard InChI is InChI=1S/C10H8I2O2/c1-6(13)4-10(14)8-5-7(11)2-3-9(8)12/h2-3,5H,4H2,1H3. The minimum absolute atomic E-state index is 0.00387. The second kappa shape index (κ2) is 5.20. The van der Waals surface area contributed by atoms with Gasteiger partial charge in [0.05, 0.1) is 6.42 Å². The van der Waals surface area contributed by atoms with Crippen molar-refractivity contribution in [3.05, 3.63) is 30.9 Å². The van der Waals surface area contributed by atoms with Crippen molar-refractivity contribution in [2.75, 3.05) is 0 Å². The highest BCUT2D eigenvalue weighted by Gasteiger charge is 2.12. The Balaban J connectivity index is 3.00. The molecule has 0 heterocycles. The molecule has 0 atom stereocenters. The Labute approximate surface area is 110 Å². The summed E-state index contributed by atoms with van der Waals surface area (Å²) in [5.74, 6) is -0.190. The molecule has 0 saturated carbocycles. The minimum atomic E-state index is -0.0968. The zero-order valence-corrected chi connectivity index (χ0v) is 11.8. The van der Waals surface area contributed by atoms with Gasteiger partial charge >= 0.3 is 0 Å². The van der Waals surface area contributed by atoms with Crippen LogP contribution in [0.3, 0.4) is 0 Å². The zero-order valence-electron chi connectivity index (χ0n) is 7.51. The number of halogens is 2. The van der Waals surface area contributed by atoms with E-state index in [9.17, 15) is 9.59 Å². The highest BCUT2D eigenvalue weighted by molar-refractivity contribution is 14.1. The Morgan fingerprint density at radius 1 is 1.29 bits per heavy atom. The lowest BCUT2D eigenvalue weighted by atomic mass is 10.1. The van der Waals surface area contributed by atoms with Crippen LogP contribution in [-0.4, -0.2) is 11.6 Å².